The van der Waals surface area contributed by atoms with E-state index in [-0.39, 0.29) is 11.8 Å². The minimum atomic E-state index is -2.12. The van der Waals surface area contributed by atoms with Crippen LogP contribution in [0.15, 0.2) is 91.0 Å². The first-order chi connectivity index (χ1) is 13.7. The van der Waals surface area contributed by atoms with E-state index in [1.165, 1.54) is 15.9 Å². The van der Waals surface area contributed by atoms with Crippen molar-refractivity contribution in [2.45, 2.75) is 12.8 Å². The summed E-state index contributed by atoms with van der Waals surface area (Å²) in [5, 5.41) is 6.97. The van der Waals surface area contributed by atoms with E-state index in [0.717, 1.165) is 13.2 Å². The summed E-state index contributed by atoms with van der Waals surface area (Å²) in [6, 6.07) is 31.4. The van der Waals surface area contributed by atoms with Gasteiger partial charge in [-0.25, -0.2) is 0 Å². The summed E-state index contributed by atoms with van der Waals surface area (Å²) < 4.78 is 0. The van der Waals surface area contributed by atoms with E-state index in [1.54, 1.807) is 0 Å². The number of benzene rings is 3. The van der Waals surface area contributed by atoms with E-state index in [1.807, 2.05) is 18.2 Å². The first-order valence-electron chi connectivity index (χ1n) is 9.19. The summed E-state index contributed by atoms with van der Waals surface area (Å²) in [4.78, 5) is 24.3. The third-order valence-electron chi connectivity index (χ3n) is 4.76. The zero-order valence-corrected chi connectivity index (χ0v) is 17.1. The van der Waals surface area contributed by atoms with Crippen LogP contribution in [0.2, 0.25) is 0 Å². The third kappa shape index (κ3) is 3.56. The second-order valence-corrected chi connectivity index (χ2v) is 12.5. The van der Waals surface area contributed by atoms with Crippen LogP contribution in [-0.4, -0.2) is 17.1 Å². The molecule has 0 spiro atoms. The predicted octanol–water partition coefficient (Wildman–Crippen LogP) is 3.45. The lowest BCUT2D eigenvalue weighted by molar-refractivity contribution is -0.128. The number of hydrogen-bond acceptors (Lipinski definition) is 2. The van der Waals surface area contributed by atoms with Gasteiger partial charge in [-0.05, 0) is 42.8 Å². The van der Waals surface area contributed by atoms with Crippen molar-refractivity contribution in [1.29, 1.82) is 0 Å². The Kier molecular flexibility index (Phi) is 5.48. The minimum absolute atomic E-state index is 0.188. The third-order valence-corrected chi connectivity index (χ3v) is 12.6. The maximum absolute atomic E-state index is 12.6. The molecule has 1 fully saturated rings. The van der Waals surface area contributed by atoms with E-state index in [2.05, 4.69) is 78.1 Å². The van der Waals surface area contributed by atoms with Gasteiger partial charge in [0.1, 0.15) is 23.8 Å². The second-order valence-electron chi connectivity index (χ2n) is 6.57. The number of hydrogen-bond donors (Lipinski definition) is 1. The van der Waals surface area contributed by atoms with Gasteiger partial charge in [0, 0.05) is 6.42 Å². The van der Waals surface area contributed by atoms with E-state index in [0.29, 0.717) is 12.8 Å². The van der Waals surface area contributed by atoms with Crippen LogP contribution in [0.3, 0.4) is 0 Å². The molecular weight excluding hydrogens is 384 g/mol. The average Bonchev–Trinajstić information content (AvgIpc) is 2.75. The molecule has 3 nitrogen and oxygen atoms in total. The monoisotopic (exact) mass is 404 g/mol. The van der Waals surface area contributed by atoms with Crippen molar-refractivity contribution >= 4 is 47.9 Å². The highest BCUT2D eigenvalue weighted by molar-refractivity contribution is 8.41. The van der Waals surface area contributed by atoms with E-state index >= 15 is 0 Å². The molecule has 138 valence electrons. The molecule has 1 heterocycles. The largest absolute Gasteiger partial charge is 0.292 e. The van der Waals surface area contributed by atoms with Gasteiger partial charge in [-0.1, -0.05) is 54.6 Å². The normalized spacial score (nSPS) is 16.1. The summed E-state index contributed by atoms with van der Waals surface area (Å²) in [5.41, 5.74) is 0. The van der Waals surface area contributed by atoms with Gasteiger partial charge in [-0.15, -0.1) is 0 Å². The Balaban J connectivity index is 2.02. The summed E-state index contributed by atoms with van der Waals surface area (Å²) in [7, 11) is 0.977. The Hall–Kier alpha value is -2.60. The topological polar surface area (TPSA) is 46.2 Å². The molecule has 2 amide bonds. The summed E-state index contributed by atoms with van der Waals surface area (Å²) in [6.45, 7) is -2.12. The van der Waals surface area contributed by atoms with Crippen molar-refractivity contribution in [2.24, 2.45) is 0 Å². The Bertz CT molecular complexity index is 922. The quantitative estimate of drug-likeness (QED) is 0.535. The molecule has 3 aromatic carbocycles. The van der Waals surface area contributed by atoms with Gasteiger partial charge in [-0.3, -0.25) is 14.9 Å². The van der Waals surface area contributed by atoms with Crippen molar-refractivity contribution in [1.82, 2.24) is 5.32 Å². The van der Waals surface area contributed by atoms with Crippen LogP contribution in [0.5, 0.6) is 0 Å². The average molecular weight is 404 g/mol. The van der Waals surface area contributed by atoms with Gasteiger partial charge in [0.05, 0.1) is 5.29 Å². The fourth-order valence-corrected chi connectivity index (χ4v) is 11.1. The first-order valence-corrected chi connectivity index (χ1v) is 12.6. The van der Waals surface area contributed by atoms with Gasteiger partial charge in [0.15, 0.2) is 6.95 Å². The van der Waals surface area contributed by atoms with Crippen molar-refractivity contribution < 1.29 is 9.59 Å². The molecule has 0 aliphatic carbocycles. The highest BCUT2D eigenvalue weighted by Gasteiger charge is 2.46. The highest BCUT2D eigenvalue weighted by Crippen LogP contribution is 2.67. The number of imide groups is 1. The number of carbonyl (C=O) groups excluding carboxylic acids is 2. The fourth-order valence-electron chi connectivity index (χ4n) is 3.43. The number of amides is 2. The summed E-state index contributed by atoms with van der Waals surface area (Å²) in [5.74, 6) is -0.419. The van der Waals surface area contributed by atoms with Crippen LogP contribution in [0.1, 0.15) is 12.8 Å². The fraction of sp³-hybridized carbons (Fsp3) is 0.0870. The van der Waals surface area contributed by atoms with Crippen molar-refractivity contribution in [3.8, 4) is 0 Å². The van der Waals surface area contributed by atoms with Gasteiger partial charge < -0.3 is 0 Å². The molecule has 28 heavy (non-hydrogen) atoms. The molecule has 4 rings (SSSR count). The lowest BCUT2D eigenvalue weighted by Crippen LogP contribution is -2.40. The Morgan fingerprint density at radius 2 is 1.07 bits per heavy atom. The van der Waals surface area contributed by atoms with Crippen LogP contribution in [0.25, 0.3) is 0 Å². The molecule has 1 aliphatic rings. The second kappa shape index (κ2) is 8.19. The maximum atomic E-state index is 12.6. The van der Waals surface area contributed by atoms with Crippen LogP contribution in [0.4, 0.5) is 0 Å². The van der Waals surface area contributed by atoms with Gasteiger partial charge in [0.25, 0.3) is 5.91 Å². The molecule has 0 radical (unpaired) electrons. The Morgan fingerprint density at radius 1 is 0.643 bits per heavy atom. The van der Waals surface area contributed by atoms with Gasteiger partial charge in [-0.2, -0.15) is 0 Å². The van der Waals surface area contributed by atoms with E-state index < -0.39 is 6.95 Å². The molecule has 1 aliphatic heterocycles. The standard InChI is InChI=1S/C23H19NO2P2/c25-22-17-16-21(23(26)24-22)27-28(18-10-4-1-5-11-18,19-12-6-2-7-13-19)20-14-8-3-9-15-20/h1-15H,16-17H2/p+1. The van der Waals surface area contributed by atoms with E-state index in [4.69, 9.17) is 0 Å². The lowest BCUT2D eigenvalue weighted by atomic mass is 10.1. The summed E-state index contributed by atoms with van der Waals surface area (Å²) >= 11 is 0. The van der Waals surface area contributed by atoms with Crippen molar-refractivity contribution in [2.75, 3.05) is 0 Å². The lowest BCUT2D eigenvalue weighted by Gasteiger charge is -2.24. The van der Waals surface area contributed by atoms with Crippen LogP contribution < -0.4 is 21.2 Å². The molecule has 1 saturated heterocycles. The van der Waals surface area contributed by atoms with Crippen LogP contribution >= 0.6 is 14.8 Å². The first kappa shape index (κ1) is 18.7. The number of piperidine rings is 1. The smallest absolute Gasteiger partial charge is 0.261 e. The zero-order chi connectivity index (χ0) is 19.4. The van der Waals surface area contributed by atoms with Crippen molar-refractivity contribution in [3.05, 3.63) is 91.0 Å². The van der Waals surface area contributed by atoms with Crippen LogP contribution in [-0.2, 0) is 9.59 Å². The predicted molar refractivity (Wildman–Crippen MR) is 119 cm³/mol. The molecule has 0 aromatic heterocycles. The van der Waals surface area contributed by atoms with Crippen molar-refractivity contribution in [3.63, 3.8) is 0 Å². The highest BCUT2D eigenvalue weighted by atomic mass is 32.1. The molecule has 0 bridgehead atoms. The van der Waals surface area contributed by atoms with Crippen LogP contribution in [0, 0.1) is 0 Å². The summed E-state index contributed by atoms with van der Waals surface area (Å²) in [6.07, 6.45) is 0.882. The molecular formula is C23H20NO2P2+. The molecule has 5 heteroatoms. The molecule has 1 N–H and O–H groups in total. The number of carbonyl (C=O) groups is 2. The molecule has 0 unspecified atom stereocenters. The number of nitrogens with one attached hydrogen (secondary N) is 1. The molecule has 3 aromatic rings. The zero-order valence-electron chi connectivity index (χ0n) is 15.3. The van der Waals surface area contributed by atoms with Gasteiger partial charge >= 0.3 is 0 Å². The molecule has 0 saturated carbocycles. The Morgan fingerprint density at radius 3 is 1.46 bits per heavy atom. The van der Waals surface area contributed by atoms with Gasteiger partial charge in [0.2, 0.25) is 5.91 Å². The SMILES string of the molecule is O=C1CCC(=P[P+](c2ccccc2)(c2ccccc2)c2ccccc2)C(=O)N1. The number of rotatable bonds is 4. The Labute approximate surface area is 166 Å². The maximum Gasteiger partial charge on any atom is 0.261 e. The minimum Gasteiger partial charge on any atom is -0.292 e. The van der Waals surface area contributed by atoms with E-state index in [9.17, 15) is 9.59 Å². The molecule has 0 atom stereocenters.